The number of nitrogens with zero attached hydrogens (tertiary/aromatic N) is 1. The second-order valence-corrected chi connectivity index (χ2v) is 6.73. The number of anilines is 1. The Morgan fingerprint density at radius 1 is 1.45 bits per heavy atom. The van der Waals surface area contributed by atoms with Crippen LogP contribution < -0.4 is 5.32 Å². The summed E-state index contributed by atoms with van der Waals surface area (Å²) in [6.45, 7) is 7.68. The van der Waals surface area contributed by atoms with Crippen LogP contribution in [-0.4, -0.2) is 24.6 Å². The first-order valence-electron chi connectivity index (χ1n) is 7.22. The van der Waals surface area contributed by atoms with E-state index in [1.165, 1.54) is 32.8 Å². The average Bonchev–Trinajstić information content (AvgIpc) is 2.84. The zero-order valence-electron chi connectivity index (χ0n) is 13.0. The van der Waals surface area contributed by atoms with Gasteiger partial charge in [-0.3, -0.25) is 4.79 Å². The van der Waals surface area contributed by atoms with Crippen molar-refractivity contribution in [2.24, 2.45) is 5.41 Å². The highest BCUT2D eigenvalue weighted by Crippen LogP contribution is 2.25. The van der Waals surface area contributed by atoms with E-state index in [2.05, 4.69) is 35.8 Å². The van der Waals surface area contributed by atoms with Crippen molar-refractivity contribution in [2.45, 2.75) is 52.9 Å². The Hall–Kier alpha value is -1.10. The number of carbonyl (C=O) groups is 1. The maximum atomic E-state index is 11.2. The molecule has 20 heavy (non-hydrogen) atoms. The molecule has 0 unspecified atom stereocenters. The molecule has 4 nitrogen and oxygen atoms in total. The van der Waals surface area contributed by atoms with Gasteiger partial charge >= 0.3 is 5.97 Å². The van der Waals surface area contributed by atoms with E-state index in [4.69, 9.17) is 0 Å². The Labute approximate surface area is 125 Å². The minimum absolute atomic E-state index is 0.245. The monoisotopic (exact) mass is 298 g/mol. The van der Waals surface area contributed by atoms with E-state index in [-0.39, 0.29) is 17.8 Å². The normalized spacial score (nSPS) is 11.4. The summed E-state index contributed by atoms with van der Waals surface area (Å²) in [5.74, 6) is -0.248. The Bertz CT molecular complexity index is 416. The predicted molar refractivity (Wildman–Crippen MR) is 84.2 cm³/mol. The number of hydrogen-bond donors (Lipinski definition) is 1. The third-order valence-corrected chi connectivity index (χ3v) is 4.13. The molecule has 0 atom stereocenters. The molecule has 0 spiro atoms. The molecule has 0 saturated carbocycles. The van der Waals surface area contributed by atoms with E-state index >= 15 is 0 Å². The largest absolute Gasteiger partial charge is 0.469 e. The van der Waals surface area contributed by atoms with Crippen LogP contribution >= 0.6 is 11.3 Å². The number of nitrogens with one attached hydrogen (secondary N) is 1. The lowest BCUT2D eigenvalue weighted by Crippen LogP contribution is -2.23. The molecule has 0 aliphatic carbocycles. The van der Waals surface area contributed by atoms with Crippen LogP contribution in [0.1, 0.15) is 52.1 Å². The van der Waals surface area contributed by atoms with Gasteiger partial charge in [0.2, 0.25) is 0 Å². The van der Waals surface area contributed by atoms with Crippen molar-refractivity contribution < 1.29 is 9.53 Å². The number of ether oxygens (including phenoxy) is 1. The van der Waals surface area contributed by atoms with Crippen LogP contribution in [0, 0.1) is 5.41 Å². The molecule has 1 rings (SSSR count). The van der Waals surface area contributed by atoms with Crippen molar-refractivity contribution in [3.63, 3.8) is 0 Å². The standard InChI is InChI=1S/C15H26N2O2S/c1-5-6-7-8-15(2,3)11-16-14-17-12(10-20-14)9-13(18)19-4/h10H,5-9,11H2,1-4H3,(H,16,17). The molecule has 0 fully saturated rings. The molecule has 0 aliphatic rings. The van der Waals surface area contributed by atoms with Crippen LogP contribution in [0.3, 0.4) is 0 Å². The van der Waals surface area contributed by atoms with Crippen LogP contribution in [0.25, 0.3) is 0 Å². The highest BCUT2D eigenvalue weighted by atomic mass is 32.1. The predicted octanol–water partition coefficient (Wildman–Crippen LogP) is 3.88. The summed E-state index contributed by atoms with van der Waals surface area (Å²) < 4.78 is 4.64. The fourth-order valence-electron chi connectivity index (χ4n) is 1.95. The zero-order valence-corrected chi connectivity index (χ0v) is 13.8. The Morgan fingerprint density at radius 2 is 2.20 bits per heavy atom. The molecular formula is C15H26N2O2S. The van der Waals surface area contributed by atoms with Crippen molar-refractivity contribution in [3.8, 4) is 0 Å². The lowest BCUT2D eigenvalue weighted by atomic mass is 9.87. The summed E-state index contributed by atoms with van der Waals surface area (Å²) in [5, 5.41) is 6.17. The number of hydrogen-bond acceptors (Lipinski definition) is 5. The molecule has 1 aromatic heterocycles. The molecule has 0 aromatic carbocycles. The van der Waals surface area contributed by atoms with Crippen molar-refractivity contribution in [3.05, 3.63) is 11.1 Å². The second-order valence-electron chi connectivity index (χ2n) is 5.87. The maximum Gasteiger partial charge on any atom is 0.311 e. The van der Waals surface area contributed by atoms with Gasteiger partial charge in [0.1, 0.15) is 0 Å². The minimum atomic E-state index is -0.248. The van der Waals surface area contributed by atoms with Crippen molar-refractivity contribution in [2.75, 3.05) is 19.0 Å². The first-order valence-corrected chi connectivity index (χ1v) is 8.10. The molecule has 1 aromatic rings. The highest BCUT2D eigenvalue weighted by Gasteiger charge is 2.17. The first-order chi connectivity index (χ1) is 9.46. The highest BCUT2D eigenvalue weighted by molar-refractivity contribution is 7.13. The Morgan fingerprint density at radius 3 is 2.85 bits per heavy atom. The van der Waals surface area contributed by atoms with E-state index in [0.29, 0.717) is 0 Å². The molecule has 0 amide bonds. The minimum Gasteiger partial charge on any atom is -0.469 e. The SMILES string of the molecule is CCCCCC(C)(C)CNc1nc(CC(=O)OC)cs1. The fourth-order valence-corrected chi connectivity index (χ4v) is 2.66. The number of esters is 1. The summed E-state index contributed by atoms with van der Waals surface area (Å²) in [4.78, 5) is 15.6. The van der Waals surface area contributed by atoms with Crippen molar-refractivity contribution in [1.82, 2.24) is 4.98 Å². The Kier molecular flexibility index (Phi) is 6.99. The summed E-state index contributed by atoms with van der Waals surface area (Å²) in [7, 11) is 1.40. The quantitative estimate of drug-likeness (QED) is 0.555. The smallest absolute Gasteiger partial charge is 0.311 e. The summed E-state index contributed by atoms with van der Waals surface area (Å²) in [6.07, 6.45) is 5.29. The molecule has 0 saturated heterocycles. The number of aromatic nitrogens is 1. The maximum absolute atomic E-state index is 11.2. The fraction of sp³-hybridized carbons (Fsp3) is 0.733. The molecule has 0 radical (unpaired) electrons. The molecule has 0 aliphatic heterocycles. The van der Waals surface area contributed by atoms with Gasteiger partial charge in [-0.25, -0.2) is 4.98 Å². The molecule has 5 heteroatoms. The first kappa shape index (κ1) is 17.0. The third-order valence-electron chi connectivity index (χ3n) is 3.28. The number of methoxy groups -OCH3 is 1. The van der Waals surface area contributed by atoms with Gasteiger partial charge in [0.25, 0.3) is 0 Å². The van der Waals surface area contributed by atoms with Gasteiger partial charge < -0.3 is 10.1 Å². The van der Waals surface area contributed by atoms with Crippen LogP contribution in [0.4, 0.5) is 5.13 Å². The topological polar surface area (TPSA) is 51.2 Å². The average molecular weight is 298 g/mol. The van der Waals surface area contributed by atoms with Crippen LogP contribution in [0.2, 0.25) is 0 Å². The Balaban J connectivity index is 2.39. The van der Waals surface area contributed by atoms with Gasteiger partial charge in [0, 0.05) is 11.9 Å². The van der Waals surface area contributed by atoms with E-state index in [1.807, 2.05) is 5.38 Å². The van der Waals surface area contributed by atoms with Gasteiger partial charge in [0.15, 0.2) is 5.13 Å². The number of thiazole rings is 1. The van der Waals surface area contributed by atoms with E-state index < -0.39 is 0 Å². The molecule has 1 N–H and O–H groups in total. The summed E-state index contributed by atoms with van der Waals surface area (Å²) >= 11 is 1.54. The van der Waals surface area contributed by atoms with Gasteiger partial charge in [-0.05, 0) is 11.8 Å². The van der Waals surface area contributed by atoms with E-state index in [1.54, 1.807) is 11.3 Å². The van der Waals surface area contributed by atoms with E-state index in [9.17, 15) is 4.79 Å². The third kappa shape index (κ3) is 6.37. The van der Waals surface area contributed by atoms with E-state index in [0.717, 1.165) is 17.4 Å². The molecule has 1 heterocycles. The molecular weight excluding hydrogens is 272 g/mol. The summed E-state index contributed by atoms with van der Waals surface area (Å²) in [5.41, 5.74) is 1.04. The van der Waals surface area contributed by atoms with Gasteiger partial charge in [-0.15, -0.1) is 11.3 Å². The zero-order chi connectivity index (χ0) is 15.0. The molecule has 114 valence electrons. The number of unbranched alkanes of at least 4 members (excludes halogenated alkanes) is 2. The van der Waals surface area contributed by atoms with Crippen molar-refractivity contribution >= 4 is 22.4 Å². The second kappa shape index (κ2) is 8.25. The number of rotatable bonds is 9. The van der Waals surface area contributed by atoms with Crippen LogP contribution in [0.15, 0.2) is 5.38 Å². The number of carbonyl (C=O) groups excluding carboxylic acids is 1. The van der Waals surface area contributed by atoms with Crippen LogP contribution in [0.5, 0.6) is 0 Å². The van der Waals surface area contributed by atoms with Gasteiger partial charge in [-0.1, -0.05) is 40.0 Å². The van der Waals surface area contributed by atoms with Gasteiger partial charge in [0.05, 0.1) is 19.2 Å². The van der Waals surface area contributed by atoms with Crippen molar-refractivity contribution in [1.29, 1.82) is 0 Å². The lowest BCUT2D eigenvalue weighted by molar-refractivity contribution is -0.139. The summed E-state index contributed by atoms with van der Waals surface area (Å²) in [6, 6.07) is 0. The van der Waals surface area contributed by atoms with Gasteiger partial charge in [-0.2, -0.15) is 0 Å². The lowest BCUT2D eigenvalue weighted by Gasteiger charge is -2.24. The molecule has 0 bridgehead atoms. The van der Waals surface area contributed by atoms with Crippen LogP contribution in [-0.2, 0) is 16.0 Å².